The lowest BCUT2D eigenvalue weighted by Crippen LogP contribution is -2.45. The van der Waals surface area contributed by atoms with Gasteiger partial charge in [-0.15, -0.1) is 0 Å². The zero-order valence-electron chi connectivity index (χ0n) is 15.6. The highest BCUT2D eigenvalue weighted by atomic mass is 35.5. The van der Waals surface area contributed by atoms with Gasteiger partial charge in [0.25, 0.3) is 5.91 Å². The SMILES string of the molecule is COc1ccc(OC)c(NC(=O)C2=C(C)NC(=O)NC2c2ccc(Cl)cc2)c1. The molecule has 3 N–H and O–H groups in total. The summed E-state index contributed by atoms with van der Waals surface area (Å²) in [6, 6.07) is 11.1. The Kier molecular flexibility index (Phi) is 5.75. The van der Waals surface area contributed by atoms with E-state index in [1.807, 2.05) is 0 Å². The van der Waals surface area contributed by atoms with E-state index in [2.05, 4.69) is 16.0 Å². The molecule has 0 saturated heterocycles. The molecule has 1 atom stereocenters. The van der Waals surface area contributed by atoms with Crippen LogP contribution >= 0.6 is 11.6 Å². The highest BCUT2D eigenvalue weighted by Gasteiger charge is 2.31. The van der Waals surface area contributed by atoms with Crippen molar-refractivity contribution in [3.63, 3.8) is 0 Å². The minimum Gasteiger partial charge on any atom is -0.497 e. The number of nitrogens with one attached hydrogen (secondary N) is 3. The molecule has 7 nitrogen and oxygen atoms in total. The molecule has 0 radical (unpaired) electrons. The third-order valence-electron chi connectivity index (χ3n) is 4.37. The highest BCUT2D eigenvalue weighted by molar-refractivity contribution is 6.30. The van der Waals surface area contributed by atoms with Crippen molar-refractivity contribution in [2.24, 2.45) is 0 Å². The van der Waals surface area contributed by atoms with Gasteiger partial charge in [-0.05, 0) is 36.8 Å². The second kappa shape index (κ2) is 8.22. The smallest absolute Gasteiger partial charge is 0.319 e. The largest absolute Gasteiger partial charge is 0.497 e. The third kappa shape index (κ3) is 4.04. The van der Waals surface area contributed by atoms with Gasteiger partial charge in [-0.3, -0.25) is 4.79 Å². The Labute approximate surface area is 167 Å². The van der Waals surface area contributed by atoms with E-state index >= 15 is 0 Å². The number of allylic oxidation sites excluding steroid dienone is 1. The second-order valence-electron chi connectivity index (χ2n) is 6.14. The van der Waals surface area contributed by atoms with Gasteiger partial charge in [0.2, 0.25) is 0 Å². The number of urea groups is 1. The van der Waals surface area contributed by atoms with Crippen molar-refractivity contribution in [2.45, 2.75) is 13.0 Å². The number of hydrogen-bond donors (Lipinski definition) is 3. The third-order valence-corrected chi connectivity index (χ3v) is 4.62. The molecule has 146 valence electrons. The lowest BCUT2D eigenvalue weighted by molar-refractivity contribution is -0.113. The first-order valence-electron chi connectivity index (χ1n) is 8.50. The predicted octanol–water partition coefficient (Wildman–Crippen LogP) is 3.62. The summed E-state index contributed by atoms with van der Waals surface area (Å²) < 4.78 is 10.5. The maximum Gasteiger partial charge on any atom is 0.319 e. The first kappa shape index (κ1) is 19.6. The first-order chi connectivity index (χ1) is 13.4. The number of methoxy groups -OCH3 is 2. The first-order valence-corrected chi connectivity index (χ1v) is 8.88. The van der Waals surface area contributed by atoms with Crippen LogP contribution in [0.2, 0.25) is 5.02 Å². The van der Waals surface area contributed by atoms with Crippen molar-refractivity contribution in [2.75, 3.05) is 19.5 Å². The molecule has 1 unspecified atom stereocenters. The molecule has 28 heavy (non-hydrogen) atoms. The summed E-state index contributed by atoms with van der Waals surface area (Å²) in [6.45, 7) is 1.68. The minimum absolute atomic E-state index is 0.378. The number of rotatable bonds is 5. The van der Waals surface area contributed by atoms with E-state index in [4.69, 9.17) is 21.1 Å². The summed E-state index contributed by atoms with van der Waals surface area (Å²) in [5.41, 5.74) is 2.04. The molecular formula is C20H20ClN3O4. The van der Waals surface area contributed by atoms with Crippen LogP contribution in [0.25, 0.3) is 0 Å². The summed E-state index contributed by atoms with van der Waals surface area (Å²) >= 11 is 5.96. The van der Waals surface area contributed by atoms with E-state index in [1.54, 1.807) is 49.4 Å². The van der Waals surface area contributed by atoms with Crippen molar-refractivity contribution in [1.82, 2.24) is 10.6 Å². The number of hydrogen-bond acceptors (Lipinski definition) is 4. The van der Waals surface area contributed by atoms with E-state index in [0.29, 0.717) is 33.5 Å². The number of carbonyl (C=O) groups is 2. The van der Waals surface area contributed by atoms with Crippen LogP contribution in [0.1, 0.15) is 18.5 Å². The normalized spacial score (nSPS) is 16.1. The molecule has 0 aliphatic carbocycles. The van der Waals surface area contributed by atoms with E-state index in [9.17, 15) is 9.59 Å². The van der Waals surface area contributed by atoms with Crippen molar-refractivity contribution >= 4 is 29.2 Å². The maximum absolute atomic E-state index is 13.1. The number of ether oxygens (including phenoxy) is 2. The van der Waals surface area contributed by atoms with E-state index in [1.165, 1.54) is 14.2 Å². The van der Waals surface area contributed by atoms with E-state index < -0.39 is 6.04 Å². The van der Waals surface area contributed by atoms with Crippen molar-refractivity contribution in [3.8, 4) is 11.5 Å². The Morgan fingerprint density at radius 3 is 2.46 bits per heavy atom. The fraction of sp³-hybridized carbons (Fsp3) is 0.200. The summed E-state index contributed by atoms with van der Waals surface area (Å²) in [4.78, 5) is 25.1. The highest BCUT2D eigenvalue weighted by Crippen LogP contribution is 2.32. The van der Waals surface area contributed by atoms with Crippen LogP contribution < -0.4 is 25.4 Å². The number of benzene rings is 2. The summed E-state index contributed by atoms with van der Waals surface area (Å²) in [7, 11) is 3.05. The second-order valence-corrected chi connectivity index (χ2v) is 6.58. The Balaban J connectivity index is 1.97. The Hall–Kier alpha value is -3.19. The van der Waals surface area contributed by atoms with Gasteiger partial charge in [0.1, 0.15) is 11.5 Å². The minimum atomic E-state index is -0.623. The zero-order chi connectivity index (χ0) is 20.3. The molecule has 3 amide bonds. The molecule has 3 rings (SSSR count). The number of halogens is 1. The van der Waals surface area contributed by atoms with Gasteiger partial charge in [-0.1, -0.05) is 23.7 Å². The summed E-state index contributed by atoms with van der Waals surface area (Å²) in [6.07, 6.45) is 0. The predicted molar refractivity (Wildman–Crippen MR) is 107 cm³/mol. The van der Waals surface area contributed by atoms with Crippen LogP contribution in [0.3, 0.4) is 0 Å². The molecule has 0 saturated carbocycles. The lowest BCUT2D eigenvalue weighted by Gasteiger charge is -2.29. The molecule has 1 aliphatic rings. The molecule has 8 heteroatoms. The molecule has 0 spiro atoms. The number of amides is 3. The molecule has 2 aromatic rings. The maximum atomic E-state index is 13.1. The molecule has 1 heterocycles. The molecular weight excluding hydrogens is 382 g/mol. The number of carbonyl (C=O) groups excluding carboxylic acids is 2. The Bertz CT molecular complexity index is 941. The van der Waals surface area contributed by atoms with Gasteiger partial charge in [0, 0.05) is 16.8 Å². The topological polar surface area (TPSA) is 88.7 Å². The van der Waals surface area contributed by atoms with Crippen LogP contribution in [-0.4, -0.2) is 26.2 Å². The van der Waals surface area contributed by atoms with Crippen molar-refractivity contribution in [1.29, 1.82) is 0 Å². The fourth-order valence-electron chi connectivity index (χ4n) is 3.00. The quantitative estimate of drug-likeness (QED) is 0.713. The van der Waals surface area contributed by atoms with Crippen LogP contribution in [0.15, 0.2) is 53.7 Å². The average Bonchev–Trinajstić information content (AvgIpc) is 2.67. The van der Waals surface area contributed by atoms with Crippen LogP contribution in [0.5, 0.6) is 11.5 Å². The van der Waals surface area contributed by atoms with Gasteiger partial charge >= 0.3 is 6.03 Å². The van der Waals surface area contributed by atoms with Crippen molar-refractivity contribution in [3.05, 3.63) is 64.3 Å². The molecule has 0 fully saturated rings. The summed E-state index contributed by atoms with van der Waals surface area (Å²) in [5.74, 6) is 0.686. The van der Waals surface area contributed by atoms with Gasteiger partial charge in [-0.2, -0.15) is 0 Å². The lowest BCUT2D eigenvalue weighted by atomic mass is 9.95. The Morgan fingerprint density at radius 1 is 1.11 bits per heavy atom. The zero-order valence-corrected chi connectivity index (χ0v) is 16.4. The monoisotopic (exact) mass is 401 g/mol. The van der Waals surface area contributed by atoms with Gasteiger partial charge < -0.3 is 25.4 Å². The van der Waals surface area contributed by atoms with Crippen molar-refractivity contribution < 1.29 is 19.1 Å². The molecule has 2 aromatic carbocycles. The average molecular weight is 402 g/mol. The summed E-state index contributed by atoms with van der Waals surface area (Å²) in [5, 5.41) is 8.84. The standard InChI is InChI=1S/C20H20ClN3O4/c1-11-17(18(24-20(26)22-11)12-4-6-13(21)7-5-12)19(25)23-15-10-14(27-2)8-9-16(15)28-3/h4-10,18H,1-3H3,(H,23,25)(H2,22,24,26). The van der Waals surface area contributed by atoms with E-state index in [0.717, 1.165) is 5.56 Å². The van der Waals surface area contributed by atoms with Crippen LogP contribution in [-0.2, 0) is 4.79 Å². The fourth-order valence-corrected chi connectivity index (χ4v) is 3.13. The van der Waals surface area contributed by atoms with Crippen LogP contribution in [0, 0.1) is 0 Å². The number of anilines is 1. The molecule has 1 aliphatic heterocycles. The van der Waals surface area contributed by atoms with Gasteiger partial charge in [0.15, 0.2) is 0 Å². The Morgan fingerprint density at radius 2 is 1.82 bits per heavy atom. The molecule has 0 aromatic heterocycles. The molecule has 0 bridgehead atoms. The van der Waals surface area contributed by atoms with Crippen LogP contribution in [0.4, 0.5) is 10.5 Å². The van der Waals surface area contributed by atoms with E-state index in [-0.39, 0.29) is 11.9 Å². The van der Waals surface area contributed by atoms with Gasteiger partial charge in [-0.25, -0.2) is 4.79 Å². The van der Waals surface area contributed by atoms with Gasteiger partial charge in [0.05, 0.1) is 31.5 Å².